The van der Waals surface area contributed by atoms with E-state index in [2.05, 4.69) is 191 Å². The zero-order valence-electron chi connectivity index (χ0n) is 78.1. The summed E-state index contributed by atoms with van der Waals surface area (Å²) in [5, 5.41) is 20.8. The van der Waals surface area contributed by atoms with Crippen molar-refractivity contribution in [3.05, 3.63) is 170 Å². The monoisotopic (exact) mass is 1760 g/mol. The molecule has 706 valence electrons. The number of esters is 3. The summed E-state index contributed by atoms with van der Waals surface area (Å²) in [6, 6.07) is 0. The van der Waals surface area contributed by atoms with Crippen LogP contribution in [0.2, 0.25) is 0 Å². The molecule has 0 aliphatic rings. The summed E-state index contributed by atoms with van der Waals surface area (Å²) in [7, 11) is -9.82. The number of hydrogen-bond acceptors (Lipinski definition) is 14. The number of carbonyl (C=O) groups excluding carboxylic acids is 3. The Morgan fingerprint density at radius 3 is 0.683 bits per heavy atom. The molecule has 0 aromatic rings. The molecule has 0 rings (SSSR count). The molecule has 0 aromatic carbocycles. The van der Waals surface area contributed by atoms with E-state index in [0.29, 0.717) is 19.3 Å². The van der Waals surface area contributed by atoms with E-state index in [1.807, 2.05) is 0 Å². The van der Waals surface area contributed by atoms with Gasteiger partial charge in [0.25, 0.3) is 0 Å². The quantitative estimate of drug-likeness (QED) is 0.0146. The number of unbranched alkanes of at least 4 members (excludes halogenated alkanes) is 42. The van der Waals surface area contributed by atoms with Gasteiger partial charge in [-0.25, -0.2) is 9.13 Å². The lowest BCUT2D eigenvalue weighted by atomic mass is 10.0. The SMILES string of the molecule is CC/C=C\C/C=C\C/C=C\C/C=C\C/C=C\C/C=C\CCCCCCCCCCCCCCCCC(=O)OCC(O)COP(=O)(O)OCC(O)COP(=O)(O)OCC(COC(=O)CCCCCCCCCCCCCCC/C=C\C/C=C\C/C=C\C/C=C\CCCCC)OC(=O)CCCCCCCCCCC/C=C\C/C=C\C/C=C\C/C=C\CCCCC. The second kappa shape index (κ2) is 96.0. The van der Waals surface area contributed by atoms with Crippen molar-refractivity contribution in [2.24, 2.45) is 0 Å². The van der Waals surface area contributed by atoms with Crippen LogP contribution in [0.4, 0.5) is 0 Å². The van der Waals surface area contributed by atoms with Crippen LogP contribution in [0.15, 0.2) is 170 Å². The first-order valence-corrected chi connectivity index (χ1v) is 52.4. The van der Waals surface area contributed by atoms with Gasteiger partial charge in [-0.05, 0) is 161 Å². The Hall–Kier alpha value is -5.09. The zero-order valence-corrected chi connectivity index (χ0v) is 79.9. The van der Waals surface area contributed by atoms with Gasteiger partial charge >= 0.3 is 33.6 Å². The molecule has 0 heterocycles. The van der Waals surface area contributed by atoms with Gasteiger partial charge in [0.1, 0.15) is 25.4 Å². The van der Waals surface area contributed by atoms with Crippen LogP contribution in [0.25, 0.3) is 0 Å². The van der Waals surface area contributed by atoms with Crippen LogP contribution in [0.3, 0.4) is 0 Å². The van der Waals surface area contributed by atoms with Crippen molar-refractivity contribution in [3.8, 4) is 0 Å². The van der Waals surface area contributed by atoms with Gasteiger partial charge < -0.3 is 34.2 Å². The molecule has 0 saturated carbocycles. The minimum Gasteiger partial charge on any atom is -0.463 e. The predicted molar refractivity (Wildman–Crippen MR) is 519 cm³/mol. The van der Waals surface area contributed by atoms with Gasteiger partial charge in [0, 0.05) is 19.3 Å². The first-order valence-electron chi connectivity index (χ1n) is 49.4. The number of aliphatic hydroxyl groups is 2. The molecule has 0 bridgehead atoms. The van der Waals surface area contributed by atoms with Crippen molar-refractivity contribution in [3.63, 3.8) is 0 Å². The minimum absolute atomic E-state index is 0.0943. The van der Waals surface area contributed by atoms with E-state index < -0.39 is 91.5 Å². The Kier molecular flexibility index (Phi) is 92.0. The second-order valence-electron chi connectivity index (χ2n) is 32.8. The highest BCUT2D eigenvalue weighted by Gasteiger charge is 2.30. The van der Waals surface area contributed by atoms with Gasteiger partial charge in [0.05, 0.1) is 26.4 Å². The standard InChI is InChI=1S/C105H180O16P2/c1-4-7-10-13-16-19-22-25-28-31-34-37-40-43-45-47-48-49-50-52-54-56-58-61-64-67-70-73-76-79-82-85-88-91-103(108)115-94-100(106)95-117-122(111,112)118-96-101(107)97-119-123(113,114)120-99-102(121-105(110)93-90-87-84-81-78-75-72-69-66-63-60-55-42-39-36-33-30-27-24-21-18-15-12-9-6-3)98-116-104(109)92-89-86-83-80-77-74-71-68-65-62-59-57-53-51-46-44-41-38-35-32-29-26-23-20-17-14-11-8-5-2/h7,10,16-21,25-30,34-39,43-46,48-49,55,60,100-102,106-107H,4-6,8-9,11-15,22-24,31-33,40-42,47,50-54,56-59,61-99H2,1-3H3,(H,111,112)(H,113,114)/b10-7-,19-16-,20-17-,21-18-,28-25-,29-26-,30-27-,37-34-,38-35-,39-36-,45-43-,46-44-,49-48-,60-55-. The molecule has 0 aromatic heterocycles. The van der Waals surface area contributed by atoms with E-state index in [1.54, 1.807) is 0 Å². The van der Waals surface area contributed by atoms with Crippen LogP contribution < -0.4 is 0 Å². The van der Waals surface area contributed by atoms with Gasteiger partial charge in [-0.3, -0.25) is 32.5 Å². The highest BCUT2D eigenvalue weighted by molar-refractivity contribution is 7.47. The van der Waals surface area contributed by atoms with Gasteiger partial charge in [-0.15, -0.1) is 0 Å². The molecule has 5 atom stereocenters. The van der Waals surface area contributed by atoms with Crippen molar-refractivity contribution in [2.75, 3.05) is 39.6 Å². The molecule has 5 unspecified atom stereocenters. The Morgan fingerprint density at radius 2 is 0.431 bits per heavy atom. The number of ether oxygens (including phenoxy) is 3. The maximum Gasteiger partial charge on any atom is 0.472 e. The molecule has 0 radical (unpaired) electrons. The van der Waals surface area contributed by atoms with Crippen LogP contribution in [0.5, 0.6) is 0 Å². The summed E-state index contributed by atoms with van der Waals surface area (Å²) in [6.07, 6.45) is 125. The van der Waals surface area contributed by atoms with Crippen molar-refractivity contribution in [1.29, 1.82) is 0 Å². The fraction of sp³-hybridized carbons (Fsp3) is 0.705. The summed E-state index contributed by atoms with van der Waals surface area (Å²) >= 11 is 0. The summed E-state index contributed by atoms with van der Waals surface area (Å²) in [5.74, 6) is -1.57. The lowest BCUT2D eigenvalue weighted by molar-refractivity contribution is -0.161. The van der Waals surface area contributed by atoms with Crippen LogP contribution in [-0.4, -0.2) is 95.9 Å². The molecule has 0 spiro atoms. The van der Waals surface area contributed by atoms with Crippen LogP contribution in [-0.2, 0) is 55.8 Å². The highest BCUT2D eigenvalue weighted by Crippen LogP contribution is 2.45. The second-order valence-corrected chi connectivity index (χ2v) is 35.7. The minimum atomic E-state index is -4.95. The maximum absolute atomic E-state index is 13.1. The predicted octanol–water partition coefficient (Wildman–Crippen LogP) is 31.0. The van der Waals surface area contributed by atoms with E-state index in [0.717, 1.165) is 167 Å². The summed E-state index contributed by atoms with van der Waals surface area (Å²) in [6.45, 7) is 2.57. The Bertz CT molecular complexity index is 2920. The smallest absolute Gasteiger partial charge is 0.463 e. The molecule has 0 aliphatic heterocycles. The van der Waals surface area contributed by atoms with Crippen molar-refractivity contribution < 1.29 is 75.8 Å². The van der Waals surface area contributed by atoms with Crippen molar-refractivity contribution in [1.82, 2.24) is 0 Å². The fourth-order valence-corrected chi connectivity index (χ4v) is 15.0. The van der Waals surface area contributed by atoms with E-state index in [1.165, 1.54) is 193 Å². The molecule has 0 fully saturated rings. The fourth-order valence-electron chi connectivity index (χ4n) is 13.4. The molecule has 0 saturated heterocycles. The summed E-state index contributed by atoms with van der Waals surface area (Å²) in [5.41, 5.74) is 0. The van der Waals surface area contributed by atoms with E-state index in [4.69, 9.17) is 32.3 Å². The number of aliphatic hydroxyl groups excluding tert-OH is 2. The van der Waals surface area contributed by atoms with E-state index >= 15 is 0 Å². The van der Waals surface area contributed by atoms with E-state index in [9.17, 15) is 43.5 Å². The lowest BCUT2D eigenvalue weighted by Crippen LogP contribution is -2.30. The highest BCUT2D eigenvalue weighted by atomic mass is 31.2. The molecule has 16 nitrogen and oxygen atoms in total. The molecular formula is C105H180O16P2. The average Bonchev–Trinajstić information content (AvgIpc) is 0.892. The molecule has 18 heteroatoms. The first kappa shape index (κ1) is 118. The van der Waals surface area contributed by atoms with Gasteiger partial charge in [0.15, 0.2) is 6.10 Å². The Labute approximate surface area is 752 Å². The Morgan fingerprint density at radius 1 is 0.236 bits per heavy atom. The molecule has 0 amide bonds. The topological polar surface area (TPSA) is 231 Å². The third kappa shape index (κ3) is 97.4. The maximum atomic E-state index is 13.1. The van der Waals surface area contributed by atoms with Crippen molar-refractivity contribution >= 4 is 33.6 Å². The molecule has 0 aliphatic carbocycles. The lowest BCUT2D eigenvalue weighted by Gasteiger charge is -2.21. The van der Waals surface area contributed by atoms with Gasteiger partial charge in [-0.1, -0.05) is 409 Å². The first-order chi connectivity index (χ1) is 60.2. The summed E-state index contributed by atoms with van der Waals surface area (Å²) in [4.78, 5) is 59.2. The molecule has 123 heavy (non-hydrogen) atoms. The molecular weight excluding hydrogens is 1580 g/mol. The third-order valence-electron chi connectivity index (χ3n) is 20.9. The number of rotatable bonds is 93. The van der Waals surface area contributed by atoms with Crippen LogP contribution in [0, 0.1) is 0 Å². The Balaban J connectivity index is 4.61. The van der Waals surface area contributed by atoms with Gasteiger partial charge in [-0.2, -0.15) is 0 Å². The number of hydrogen-bond donors (Lipinski definition) is 4. The number of phosphoric ester groups is 2. The van der Waals surface area contributed by atoms with E-state index in [-0.39, 0.29) is 19.3 Å². The van der Waals surface area contributed by atoms with Crippen molar-refractivity contribution in [2.45, 2.75) is 437 Å². The normalized spacial score (nSPS) is 14.4. The summed E-state index contributed by atoms with van der Waals surface area (Å²) < 4.78 is 61.6. The number of allylic oxidation sites excluding steroid dienone is 28. The van der Waals surface area contributed by atoms with Gasteiger partial charge in [0.2, 0.25) is 0 Å². The van der Waals surface area contributed by atoms with Crippen LogP contribution >= 0.6 is 15.6 Å². The molecule has 4 N–H and O–H groups in total. The van der Waals surface area contributed by atoms with Crippen LogP contribution in [0.1, 0.15) is 419 Å². The third-order valence-corrected chi connectivity index (χ3v) is 22.8. The number of carbonyl (C=O) groups is 3. The number of phosphoric acid groups is 2. The average molecular weight is 1760 g/mol. The zero-order chi connectivity index (χ0) is 89.3. The largest absolute Gasteiger partial charge is 0.472 e.